The van der Waals surface area contributed by atoms with Crippen LogP contribution >= 0.6 is 0 Å². The van der Waals surface area contributed by atoms with Gasteiger partial charge in [-0.25, -0.2) is 0 Å². The fraction of sp³-hybridized carbons (Fsp3) is 0.909. The van der Waals surface area contributed by atoms with Gasteiger partial charge in [0.2, 0.25) is 0 Å². The smallest absolute Gasteiger partial charge is 0.329 e. The molecule has 70 valence electrons. The van der Waals surface area contributed by atoms with Crippen LogP contribution in [0, 0.1) is 6.42 Å². The topological polar surface area (TPSA) is 0 Å². The zero-order valence-corrected chi connectivity index (χ0v) is 10.0. The average Bonchev–Trinajstić information content (AvgIpc) is 2.37. The van der Waals surface area contributed by atoms with Crippen LogP contribution in [0.3, 0.4) is 0 Å². The first kappa shape index (κ1) is 13.7. The van der Waals surface area contributed by atoms with Crippen LogP contribution in [-0.2, 0) is 0 Å². The molecule has 0 N–H and O–H groups in total. The minimum atomic E-state index is 0. The maximum Gasteiger partial charge on any atom is 1.00 e. The molecule has 0 spiro atoms. The molecule has 13 heavy (non-hydrogen) atoms. The van der Waals surface area contributed by atoms with Gasteiger partial charge in [0.15, 0.2) is 0 Å². The van der Waals surface area contributed by atoms with Crippen LogP contribution in [0.15, 0.2) is 0 Å². The van der Waals surface area contributed by atoms with Gasteiger partial charge in [-0.05, 0) is 0 Å². The molecular weight excluding hydrogens is 150 g/mol. The predicted octanol–water partition coefficient (Wildman–Crippen LogP) is 1.06. The molecular formula is C11H22BLi. The summed E-state index contributed by atoms with van der Waals surface area (Å²) in [6.45, 7) is 10.5. The van der Waals surface area contributed by atoms with E-state index in [1.165, 1.54) is 19.3 Å². The van der Waals surface area contributed by atoms with E-state index in [-0.39, 0.29) is 18.9 Å². The van der Waals surface area contributed by atoms with E-state index in [4.69, 9.17) is 0 Å². The zero-order valence-electron chi connectivity index (χ0n) is 10.0. The van der Waals surface area contributed by atoms with Gasteiger partial charge < -0.3 is 6.42 Å². The van der Waals surface area contributed by atoms with Crippen molar-refractivity contribution >= 4 is 6.71 Å². The molecule has 0 radical (unpaired) electrons. The summed E-state index contributed by atoms with van der Waals surface area (Å²) in [6, 6.07) is 0. The molecule has 0 amide bonds. The molecule has 0 heterocycles. The van der Waals surface area contributed by atoms with Crippen LogP contribution in [0.2, 0.25) is 17.5 Å². The Balaban J connectivity index is 0.00000144. The molecule has 0 aromatic heterocycles. The minimum Gasteiger partial charge on any atom is -0.329 e. The quantitative estimate of drug-likeness (QED) is 0.441. The summed E-state index contributed by atoms with van der Waals surface area (Å²) < 4.78 is 0. The van der Waals surface area contributed by atoms with Gasteiger partial charge in [0.05, 0.1) is 0 Å². The van der Waals surface area contributed by atoms with Crippen molar-refractivity contribution in [3.63, 3.8) is 0 Å². The largest absolute Gasteiger partial charge is 1.00 e. The zero-order chi connectivity index (χ0) is 9.14. The van der Waals surface area contributed by atoms with Gasteiger partial charge in [0.1, 0.15) is 6.71 Å². The predicted molar refractivity (Wildman–Crippen MR) is 57.9 cm³/mol. The van der Waals surface area contributed by atoms with Gasteiger partial charge in [-0.3, -0.25) is 0 Å². The summed E-state index contributed by atoms with van der Waals surface area (Å²) in [7, 11) is 0. The van der Waals surface area contributed by atoms with Crippen molar-refractivity contribution in [1.82, 2.24) is 0 Å². The van der Waals surface area contributed by atoms with E-state index < -0.39 is 0 Å². The Kier molecular flexibility index (Phi) is 6.52. The van der Waals surface area contributed by atoms with Gasteiger partial charge in [0, 0.05) is 0 Å². The summed E-state index contributed by atoms with van der Waals surface area (Å²) in [4.78, 5) is 0. The summed E-state index contributed by atoms with van der Waals surface area (Å²) >= 11 is 0. The van der Waals surface area contributed by atoms with Crippen molar-refractivity contribution in [2.75, 3.05) is 0 Å². The van der Waals surface area contributed by atoms with E-state index in [1.54, 1.807) is 0 Å². The second-order valence-electron chi connectivity index (χ2n) is 4.93. The Morgan fingerprint density at radius 2 is 1.69 bits per heavy atom. The van der Waals surface area contributed by atoms with Crippen molar-refractivity contribution in [3.8, 4) is 0 Å². The van der Waals surface area contributed by atoms with Gasteiger partial charge in [0.25, 0.3) is 0 Å². The molecule has 1 saturated carbocycles. The second-order valence-corrected chi connectivity index (χ2v) is 4.93. The molecule has 2 heteroatoms. The molecule has 1 aliphatic rings. The van der Waals surface area contributed by atoms with Crippen molar-refractivity contribution in [2.24, 2.45) is 0 Å². The van der Waals surface area contributed by atoms with Crippen molar-refractivity contribution < 1.29 is 18.9 Å². The van der Waals surface area contributed by atoms with E-state index in [9.17, 15) is 0 Å². The molecule has 1 fully saturated rings. The summed E-state index contributed by atoms with van der Waals surface area (Å²) in [6.07, 6.45) is 6.66. The standard InChI is InChI=1S/C11H22B.Li/c1-9(2)12(10(3)4)11-7-5-6-8-11;/h5,9-11H,6-8H2,1-4H3;/q-1;+1. The summed E-state index contributed by atoms with van der Waals surface area (Å²) in [5.41, 5.74) is 0. The average molecular weight is 172 g/mol. The van der Waals surface area contributed by atoms with Crippen molar-refractivity contribution in [2.45, 2.75) is 64.4 Å². The van der Waals surface area contributed by atoms with Gasteiger partial charge in [-0.2, -0.15) is 12.8 Å². The summed E-state index contributed by atoms with van der Waals surface area (Å²) in [5, 5.41) is 0. The maximum absolute atomic E-state index is 2.47. The Morgan fingerprint density at radius 1 is 1.15 bits per heavy atom. The van der Waals surface area contributed by atoms with E-state index in [0.29, 0.717) is 0 Å². The van der Waals surface area contributed by atoms with Crippen LogP contribution in [-0.4, -0.2) is 6.71 Å². The van der Waals surface area contributed by atoms with E-state index in [0.717, 1.165) is 24.2 Å². The second kappa shape index (κ2) is 6.20. The first-order valence-electron chi connectivity index (χ1n) is 5.44. The Labute approximate surface area is 96.5 Å². The van der Waals surface area contributed by atoms with E-state index in [1.807, 2.05) is 0 Å². The van der Waals surface area contributed by atoms with Gasteiger partial charge in [-0.15, -0.1) is 0 Å². The molecule has 0 saturated heterocycles. The third-order valence-electron chi connectivity index (χ3n) is 3.29. The fourth-order valence-electron chi connectivity index (χ4n) is 2.99. The molecule has 0 aromatic carbocycles. The van der Waals surface area contributed by atoms with Crippen LogP contribution in [0.25, 0.3) is 0 Å². The van der Waals surface area contributed by atoms with Crippen LogP contribution in [0.1, 0.15) is 47.0 Å². The Morgan fingerprint density at radius 3 is 2.00 bits per heavy atom. The Bertz CT molecular complexity index is 120. The van der Waals surface area contributed by atoms with Crippen LogP contribution < -0.4 is 18.9 Å². The number of rotatable bonds is 3. The number of hydrogen-bond acceptors (Lipinski definition) is 0. The molecule has 0 bridgehead atoms. The molecule has 0 aliphatic heterocycles. The summed E-state index contributed by atoms with van der Waals surface area (Å²) in [5.74, 6) is 2.72. The van der Waals surface area contributed by atoms with Gasteiger partial charge in [-0.1, -0.05) is 51.6 Å². The van der Waals surface area contributed by atoms with Crippen molar-refractivity contribution in [3.05, 3.63) is 6.42 Å². The van der Waals surface area contributed by atoms with Gasteiger partial charge >= 0.3 is 18.9 Å². The van der Waals surface area contributed by atoms with Crippen LogP contribution in [0.5, 0.6) is 0 Å². The van der Waals surface area contributed by atoms with Crippen molar-refractivity contribution in [1.29, 1.82) is 0 Å². The molecule has 0 aromatic rings. The molecule has 1 rings (SSSR count). The molecule has 1 atom stereocenters. The number of hydrogen-bond donors (Lipinski definition) is 0. The molecule has 1 unspecified atom stereocenters. The normalized spacial score (nSPS) is 22.2. The van der Waals surface area contributed by atoms with E-state index >= 15 is 0 Å². The minimum absolute atomic E-state index is 0. The fourth-order valence-corrected chi connectivity index (χ4v) is 2.99. The SMILES string of the molecule is CC(C)B(C(C)C)C1C[CH-]CC1.[Li+]. The maximum atomic E-state index is 2.47. The first-order chi connectivity index (χ1) is 5.63. The third kappa shape index (κ3) is 3.72. The third-order valence-corrected chi connectivity index (χ3v) is 3.29. The molecule has 0 nitrogen and oxygen atoms in total. The first-order valence-corrected chi connectivity index (χ1v) is 5.44. The van der Waals surface area contributed by atoms with Crippen LogP contribution in [0.4, 0.5) is 0 Å². The van der Waals surface area contributed by atoms with E-state index in [2.05, 4.69) is 34.1 Å². The molecule has 1 aliphatic carbocycles. The monoisotopic (exact) mass is 172 g/mol. The Hall–Kier alpha value is 0.662.